The summed E-state index contributed by atoms with van der Waals surface area (Å²) in [6, 6.07) is 5.73. The van der Waals surface area contributed by atoms with E-state index in [4.69, 9.17) is 9.47 Å². The van der Waals surface area contributed by atoms with E-state index in [9.17, 15) is 18.7 Å². The average Bonchev–Trinajstić information content (AvgIpc) is 3.68. The molecule has 1 saturated heterocycles. The summed E-state index contributed by atoms with van der Waals surface area (Å²) in [7, 11) is 1.63. The van der Waals surface area contributed by atoms with Crippen LogP contribution < -0.4 is 20.1 Å². The maximum Gasteiger partial charge on any atom is 0.387 e. The fourth-order valence-corrected chi connectivity index (χ4v) is 4.70. The summed E-state index contributed by atoms with van der Waals surface area (Å²) in [5.74, 6) is -0.000547. The molecule has 41 heavy (non-hydrogen) atoms. The van der Waals surface area contributed by atoms with E-state index in [2.05, 4.69) is 30.9 Å². The van der Waals surface area contributed by atoms with Gasteiger partial charge in [0.15, 0.2) is 11.4 Å². The molecule has 0 unspecified atom stereocenters. The lowest BCUT2D eigenvalue weighted by Gasteiger charge is -2.28. The number of carbonyl (C=O) groups is 1. The number of hydrogen-bond donors (Lipinski definition) is 3. The van der Waals surface area contributed by atoms with Gasteiger partial charge in [-0.25, -0.2) is 9.50 Å². The van der Waals surface area contributed by atoms with Crippen molar-refractivity contribution in [1.29, 1.82) is 0 Å². The first-order valence-corrected chi connectivity index (χ1v) is 12.7. The van der Waals surface area contributed by atoms with Gasteiger partial charge in [0.05, 0.1) is 42.0 Å². The molecule has 1 aromatic carbocycles. The van der Waals surface area contributed by atoms with Gasteiger partial charge >= 0.3 is 6.61 Å². The molecule has 1 aliphatic heterocycles. The normalized spacial score (nSPS) is 17.2. The minimum Gasteiger partial charge on any atom is -0.454 e. The summed E-state index contributed by atoms with van der Waals surface area (Å²) in [6.45, 7) is -1.81. The van der Waals surface area contributed by atoms with Crippen molar-refractivity contribution in [1.82, 2.24) is 39.5 Å². The fraction of sp³-hybridized carbons (Fsp3) is 0.269. The van der Waals surface area contributed by atoms with Gasteiger partial charge in [0.2, 0.25) is 0 Å². The van der Waals surface area contributed by atoms with E-state index in [1.54, 1.807) is 42.6 Å². The van der Waals surface area contributed by atoms with Crippen molar-refractivity contribution < 1.29 is 28.2 Å². The van der Waals surface area contributed by atoms with Gasteiger partial charge in [0.1, 0.15) is 22.8 Å². The number of aromatic nitrogens is 7. The number of rotatable bonds is 8. The average molecular weight is 566 g/mol. The summed E-state index contributed by atoms with van der Waals surface area (Å²) in [4.78, 5) is 17.4. The van der Waals surface area contributed by atoms with Crippen LogP contribution in [0.1, 0.15) is 22.8 Å². The minimum atomic E-state index is -3.10. The third-order valence-corrected chi connectivity index (χ3v) is 6.59. The molecule has 0 aliphatic carbocycles. The highest BCUT2D eigenvalue weighted by Crippen LogP contribution is 2.39. The highest BCUT2D eigenvalue weighted by Gasteiger charge is 2.26. The zero-order valence-electron chi connectivity index (χ0n) is 21.7. The van der Waals surface area contributed by atoms with Crippen molar-refractivity contribution in [2.45, 2.75) is 25.2 Å². The Bertz CT molecular complexity index is 1700. The lowest BCUT2D eigenvalue weighted by Crippen LogP contribution is -2.41. The largest absolute Gasteiger partial charge is 0.454 e. The van der Waals surface area contributed by atoms with Crippen molar-refractivity contribution in [3.8, 4) is 28.5 Å². The highest BCUT2D eigenvalue weighted by atomic mass is 19.3. The molecule has 15 heteroatoms. The minimum absolute atomic E-state index is 0.161. The Morgan fingerprint density at radius 3 is 2.93 bits per heavy atom. The van der Waals surface area contributed by atoms with Gasteiger partial charge in [0, 0.05) is 32.2 Å². The fourth-order valence-electron chi connectivity index (χ4n) is 4.70. The second-order valence-corrected chi connectivity index (χ2v) is 9.39. The number of hydrogen-bond acceptors (Lipinski definition) is 9. The van der Waals surface area contributed by atoms with Crippen LogP contribution in [0.15, 0.2) is 61.4 Å². The van der Waals surface area contributed by atoms with E-state index in [1.807, 2.05) is 0 Å². The Morgan fingerprint density at radius 2 is 2.10 bits per heavy atom. The second kappa shape index (κ2) is 10.9. The van der Waals surface area contributed by atoms with E-state index in [1.165, 1.54) is 39.8 Å². The van der Waals surface area contributed by atoms with Crippen LogP contribution in [0.5, 0.6) is 17.2 Å². The predicted molar refractivity (Wildman–Crippen MR) is 141 cm³/mol. The number of carbonyl (C=O) groups excluding carboxylic acids is 1. The van der Waals surface area contributed by atoms with E-state index in [-0.39, 0.29) is 34.3 Å². The van der Waals surface area contributed by atoms with Crippen LogP contribution in [0.3, 0.4) is 0 Å². The van der Waals surface area contributed by atoms with E-state index in [0.717, 1.165) is 6.54 Å². The second-order valence-electron chi connectivity index (χ2n) is 9.39. The van der Waals surface area contributed by atoms with Gasteiger partial charge < -0.3 is 25.2 Å². The Morgan fingerprint density at radius 1 is 1.22 bits per heavy atom. The lowest BCUT2D eigenvalue weighted by molar-refractivity contribution is -0.0494. The summed E-state index contributed by atoms with van der Waals surface area (Å²) in [6.07, 6.45) is 9.34. The first kappa shape index (κ1) is 26.3. The molecule has 0 radical (unpaired) electrons. The number of fused-ring (bicyclic) bond motifs is 1. The summed E-state index contributed by atoms with van der Waals surface area (Å²) in [5.41, 5.74) is 1.16. The Labute approximate surface area is 231 Å². The molecule has 0 bridgehead atoms. The summed E-state index contributed by atoms with van der Waals surface area (Å²) >= 11 is 0. The Kier molecular flexibility index (Phi) is 7.03. The molecule has 4 aromatic heterocycles. The highest BCUT2D eigenvalue weighted by molar-refractivity contribution is 6.09. The number of amides is 1. The van der Waals surface area contributed by atoms with Gasteiger partial charge in [-0.1, -0.05) is 0 Å². The van der Waals surface area contributed by atoms with Gasteiger partial charge in [0.25, 0.3) is 5.91 Å². The molecular formula is C26H25F2N9O4. The molecule has 1 aliphatic rings. The number of aryl methyl sites for hydroxylation is 1. The van der Waals surface area contributed by atoms with E-state index in [0.29, 0.717) is 30.1 Å². The maximum absolute atomic E-state index is 13.3. The van der Waals surface area contributed by atoms with Gasteiger partial charge in [-0.05, 0) is 37.2 Å². The number of aliphatic hydroxyl groups excluding tert-OH is 1. The van der Waals surface area contributed by atoms with Crippen molar-refractivity contribution in [2.24, 2.45) is 7.05 Å². The number of aliphatic hydroxyl groups is 1. The van der Waals surface area contributed by atoms with E-state index < -0.39 is 18.6 Å². The van der Waals surface area contributed by atoms with E-state index >= 15 is 0 Å². The third kappa shape index (κ3) is 5.44. The van der Waals surface area contributed by atoms with Crippen LogP contribution in [0.4, 0.5) is 14.5 Å². The molecule has 5 heterocycles. The Balaban J connectivity index is 1.30. The molecule has 5 aromatic rings. The van der Waals surface area contributed by atoms with Crippen molar-refractivity contribution in [2.75, 3.05) is 18.4 Å². The third-order valence-electron chi connectivity index (χ3n) is 6.59. The summed E-state index contributed by atoms with van der Waals surface area (Å²) in [5, 5.41) is 29.2. The first-order valence-electron chi connectivity index (χ1n) is 12.7. The molecule has 13 nitrogen and oxygen atoms in total. The molecule has 6 rings (SSSR count). The molecule has 0 saturated carbocycles. The number of halogens is 2. The van der Waals surface area contributed by atoms with Gasteiger partial charge in [-0.2, -0.15) is 24.1 Å². The maximum atomic E-state index is 13.3. The SMILES string of the molecule is Cn1cc(NC(=O)c2cnn3cccnc23)c(-c2cc(Oc3cnn([C@@H]4CNCC[C@H]4O)c3)ccc2OC(F)F)n1. The lowest BCUT2D eigenvalue weighted by atomic mass is 10.0. The standard InChI is InChI=1S/C26H25F2N9O4/c1-35-14-19(33-25(39)18-11-32-36-8-2-6-30-24(18)36)23(34-35)17-9-15(3-4-22(17)41-26(27)28)40-16-10-31-37(13-16)20-12-29-7-5-21(20)38/h2-4,6,8-11,13-14,20-21,26,29,38H,5,7,12H2,1H3,(H,33,39)/t20-,21-/m1/s1. The molecule has 1 amide bonds. The van der Waals surface area contributed by atoms with Crippen LogP contribution >= 0.6 is 0 Å². The monoisotopic (exact) mass is 565 g/mol. The number of piperidine rings is 1. The van der Waals surface area contributed by atoms with Crippen molar-refractivity contribution >= 4 is 17.2 Å². The molecule has 3 N–H and O–H groups in total. The molecule has 0 spiro atoms. The molecular weight excluding hydrogens is 540 g/mol. The zero-order valence-corrected chi connectivity index (χ0v) is 21.7. The smallest absolute Gasteiger partial charge is 0.387 e. The van der Waals surface area contributed by atoms with Crippen LogP contribution in [-0.2, 0) is 7.05 Å². The number of ether oxygens (including phenoxy) is 2. The van der Waals surface area contributed by atoms with Crippen LogP contribution in [0.25, 0.3) is 16.9 Å². The predicted octanol–water partition coefficient (Wildman–Crippen LogP) is 2.87. The van der Waals surface area contributed by atoms with Gasteiger partial charge in [-0.3, -0.25) is 14.2 Å². The van der Waals surface area contributed by atoms with Crippen LogP contribution in [0, 0.1) is 0 Å². The number of nitrogens with one attached hydrogen (secondary N) is 2. The van der Waals surface area contributed by atoms with Gasteiger partial charge in [-0.15, -0.1) is 0 Å². The number of alkyl halides is 2. The molecule has 2 atom stereocenters. The topological polar surface area (TPSA) is 146 Å². The first-order chi connectivity index (χ1) is 19.9. The van der Waals surface area contributed by atoms with Crippen molar-refractivity contribution in [3.05, 3.63) is 67.0 Å². The van der Waals surface area contributed by atoms with Crippen molar-refractivity contribution in [3.63, 3.8) is 0 Å². The zero-order chi connectivity index (χ0) is 28.5. The quantitative estimate of drug-likeness (QED) is 0.259. The summed E-state index contributed by atoms with van der Waals surface area (Å²) < 4.78 is 41.9. The molecule has 212 valence electrons. The van der Waals surface area contributed by atoms with Crippen LogP contribution in [-0.4, -0.2) is 71.0 Å². The Hall–Kier alpha value is -4.89. The number of nitrogens with zero attached hydrogens (tertiary/aromatic N) is 7. The molecule has 1 fully saturated rings. The number of anilines is 1. The van der Waals surface area contributed by atoms with Crippen LogP contribution in [0.2, 0.25) is 0 Å². The number of benzene rings is 1.